The fraction of sp³-hybridized carbons (Fsp3) is 0.182. The Morgan fingerprint density at radius 2 is 1.65 bits per heavy atom. The first kappa shape index (κ1) is 26.7. The number of imidazole rings is 1. The molecule has 0 spiro atoms. The van der Waals surface area contributed by atoms with Gasteiger partial charge in [-0.15, -0.1) is 0 Å². The van der Waals surface area contributed by atoms with Gasteiger partial charge in [-0.3, -0.25) is 14.7 Å². The maximum Gasteiger partial charge on any atom is 0.412 e. The number of ketones is 1. The van der Waals surface area contributed by atoms with Gasteiger partial charge in [0.15, 0.2) is 22.8 Å². The summed E-state index contributed by atoms with van der Waals surface area (Å²) >= 11 is 0. The lowest BCUT2D eigenvalue weighted by atomic mass is 9.98. The zero-order valence-electron chi connectivity index (χ0n) is 22.9. The minimum atomic E-state index is -0.831. The Morgan fingerprint density at radius 1 is 0.953 bits per heavy atom. The molecule has 1 fully saturated rings. The molecule has 5 aromatic rings. The number of hydrogen-bond donors (Lipinski definition) is 2. The quantitative estimate of drug-likeness (QED) is 0.199. The number of carbonyl (C=O) groups is 2. The summed E-state index contributed by atoms with van der Waals surface area (Å²) in [5.74, 6) is -0.0484. The summed E-state index contributed by atoms with van der Waals surface area (Å²) in [5, 5.41) is 13.3. The topological polar surface area (TPSA) is 128 Å². The highest BCUT2D eigenvalue weighted by atomic mass is 16.5. The Labute approximate surface area is 246 Å². The van der Waals surface area contributed by atoms with E-state index in [0.717, 1.165) is 22.3 Å². The Hall–Kier alpha value is -5.19. The number of carbonyl (C=O) groups excluding carboxylic acids is 2. The molecule has 0 radical (unpaired) electrons. The van der Waals surface area contributed by atoms with Crippen LogP contribution in [0.3, 0.4) is 0 Å². The van der Waals surface area contributed by atoms with Crippen LogP contribution < -0.4 is 5.32 Å². The molecule has 10 nitrogen and oxygen atoms in total. The second-order valence-corrected chi connectivity index (χ2v) is 10.4. The molecule has 10 heteroatoms. The van der Waals surface area contributed by atoms with Gasteiger partial charge in [0.25, 0.3) is 0 Å². The molecule has 2 aromatic heterocycles. The van der Waals surface area contributed by atoms with Crippen molar-refractivity contribution in [2.45, 2.75) is 30.8 Å². The van der Waals surface area contributed by atoms with Crippen molar-refractivity contribution in [3.05, 3.63) is 120 Å². The summed E-state index contributed by atoms with van der Waals surface area (Å²) in [6, 6.07) is 25.2. The van der Waals surface area contributed by atoms with Gasteiger partial charge in [-0.05, 0) is 34.4 Å². The zero-order valence-corrected chi connectivity index (χ0v) is 22.9. The number of nitrogens with zero attached hydrogens (tertiary/aromatic N) is 4. The molecule has 1 saturated heterocycles. The summed E-state index contributed by atoms with van der Waals surface area (Å²) in [6.07, 6.45) is 3.34. The van der Waals surface area contributed by atoms with E-state index in [1.807, 2.05) is 30.3 Å². The number of aliphatic hydroxyl groups is 1. The number of allylic oxidation sites excluding steroid dienone is 1. The monoisotopic (exact) mass is 573 g/mol. The van der Waals surface area contributed by atoms with E-state index in [0.29, 0.717) is 16.7 Å². The van der Waals surface area contributed by atoms with Gasteiger partial charge in [0.05, 0.1) is 12.4 Å². The highest BCUT2D eigenvalue weighted by molar-refractivity contribution is 6.04. The van der Waals surface area contributed by atoms with E-state index in [4.69, 9.17) is 9.47 Å². The van der Waals surface area contributed by atoms with Crippen molar-refractivity contribution in [2.75, 3.05) is 11.9 Å². The third-order valence-electron chi connectivity index (χ3n) is 7.87. The predicted molar refractivity (Wildman–Crippen MR) is 158 cm³/mol. The highest BCUT2D eigenvalue weighted by Gasteiger charge is 2.35. The highest BCUT2D eigenvalue weighted by Crippen LogP contribution is 2.44. The molecule has 43 heavy (non-hydrogen) atoms. The molecule has 2 N–H and O–H groups in total. The minimum Gasteiger partial charge on any atom is -0.448 e. The Bertz CT molecular complexity index is 1810. The average molecular weight is 574 g/mol. The van der Waals surface area contributed by atoms with Gasteiger partial charge in [-0.1, -0.05) is 78.9 Å². The van der Waals surface area contributed by atoms with E-state index in [2.05, 4.69) is 44.5 Å². The SMILES string of the molecule is O=C(Nc1ncnc2c1ncn2[C@H]1C[C@H](O)[C@@H](/C=C/C(=O)c2ccccc2)O1)OCC1c2ccccc2-c2ccccc21. The number of ether oxygens (including phenoxy) is 2. The van der Waals surface area contributed by atoms with E-state index in [-0.39, 0.29) is 30.5 Å². The number of rotatable bonds is 7. The van der Waals surface area contributed by atoms with Crippen LogP contribution in [0.4, 0.5) is 10.6 Å². The first-order valence-electron chi connectivity index (χ1n) is 14.0. The molecule has 0 bridgehead atoms. The number of hydrogen-bond acceptors (Lipinski definition) is 8. The molecule has 1 amide bonds. The van der Waals surface area contributed by atoms with Gasteiger partial charge in [0.1, 0.15) is 25.3 Å². The van der Waals surface area contributed by atoms with Crippen molar-refractivity contribution < 1.29 is 24.2 Å². The fourth-order valence-corrected chi connectivity index (χ4v) is 5.79. The number of anilines is 1. The van der Waals surface area contributed by atoms with Gasteiger partial charge in [-0.25, -0.2) is 19.7 Å². The van der Waals surface area contributed by atoms with Crippen LogP contribution in [-0.2, 0) is 9.47 Å². The minimum absolute atomic E-state index is 0.0706. The molecule has 3 atom stereocenters. The number of fused-ring (bicyclic) bond motifs is 4. The Balaban J connectivity index is 1.03. The summed E-state index contributed by atoms with van der Waals surface area (Å²) < 4.78 is 13.4. The molecule has 1 aliphatic carbocycles. The number of amides is 1. The predicted octanol–water partition coefficient (Wildman–Crippen LogP) is 5.27. The van der Waals surface area contributed by atoms with Crippen LogP contribution in [0.15, 0.2) is 104 Å². The number of nitrogens with one attached hydrogen (secondary N) is 1. The van der Waals surface area contributed by atoms with Crippen molar-refractivity contribution in [3.8, 4) is 11.1 Å². The van der Waals surface area contributed by atoms with Gasteiger partial charge >= 0.3 is 6.09 Å². The van der Waals surface area contributed by atoms with Crippen LogP contribution in [0.1, 0.15) is 40.1 Å². The van der Waals surface area contributed by atoms with E-state index in [1.165, 1.54) is 18.7 Å². The first-order chi connectivity index (χ1) is 21.1. The molecule has 0 unspecified atom stereocenters. The van der Waals surface area contributed by atoms with Gasteiger partial charge in [0, 0.05) is 17.9 Å². The van der Waals surface area contributed by atoms with Crippen molar-refractivity contribution >= 4 is 28.9 Å². The maximum absolute atomic E-state index is 12.9. The zero-order chi connectivity index (χ0) is 29.3. The summed E-state index contributed by atoms with van der Waals surface area (Å²) in [7, 11) is 0. The third kappa shape index (κ3) is 5.07. The second-order valence-electron chi connectivity index (χ2n) is 10.4. The summed E-state index contributed by atoms with van der Waals surface area (Å²) in [4.78, 5) is 38.3. The molecule has 1 aliphatic heterocycles. The molecule has 3 heterocycles. The van der Waals surface area contributed by atoms with E-state index >= 15 is 0 Å². The average Bonchev–Trinajstić information content (AvgIpc) is 3.73. The molecular formula is C33H27N5O5. The van der Waals surface area contributed by atoms with Crippen molar-refractivity contribution in [2.24, 2.45) is 0 Å². The third-order valence-corrected chi connectivity index (χ3v) is 7.87. The molecule has 7 rings (SSSR count). The smallest absolute Gasteiger partial charge is 0.412 e. The van der Waals surface area contributed by atoms with E-state index in [9.17, 15) is 14.7 Å². The number of aliphatic hydroxyl groups excluding tert-OH is 1. The lowest BCUT2D eigenvalue weighted by molar-refractivity contribution is 0.00892. The fourth-order valence-electron chi connectivity index (χ4n) is 5.79. The van der Waals surface area contributed by atoms with Gasteiger partial charge in [0.2, 0.25) is 0 Å². The van der Waals surface area contributed by atoms with Crippen LogP contribution >= 0.6 is 0 Å². The van der Waals surface area contributed by atoms with Gasteiger partial charge in [-0.2, -0.15) is 0 Å². The lowest BCUT2D eigenvalue weighted by Crippen LogP contribution is -2.19. The maximum atomic E-state index is 12.9. The van der Waals surface area contributed by atoms with Crippen molar-refractivity contribution in [1.29, 1.82) is 0 Å². The van der Waals surface area contributed by atoms with Crippen LogP contribution in [-0.4, -0.2) is 55.3 Å². The second kappa shape index (κ2) is 11.2. The van der Waals surface area contributed by atoms with E-state index < -0.39 is 24.5 Å². The van der Waals surface area contributed by atoms with E-state index in [1.54, 1.807) is 34.9 Å². The van der Waals surface area contributed by atoms with Gasteiger partial charge < -0.3 is 14.6 Å². The normalized spacial score (nSPS) is 19.4. The van der Waals surface area contributed by atoms with Crippen LogP contribution in [0.2, 0.25) is 0 Å². The molecule has 214 valence electrons. The van der Waals surface area contributed by atoms with Crippen LogP contribution in [0.25, 0.3) is 22.3 Å². The van der Waals surface area contributed by atoms with Crippen LogP contribution in [0.5, 0.6) is 0 Å². The lowest BCUT2D eigenvalue weighted by Gasteiger charge is -2.15. The van der Waals surface area contributed by atoms with Crippen LogP contribution in [0, 0.1) is 0 Å². The number of aromatic nitrogens is 4. The standard InChI is InChI=1S/C33H27N5O5/c39-26(20-8-2-1-3-9-20)14-15-28-27(40)16-29(43-28)38-19-36-30-31(34-18-35-32(30)38)37-33(41)42-17-25-23-12-6-4-10-21(23)22-11-5-7-13-24(22)25/h1-15,18-19,25,27-29,40H,16-17H2,(H,34,35,37,41)/b15-14+/t27-,28+,29+/m0/s1. The summed E-state index contributed by atoms with van der Waals surface area (Å²) in [6.45, 7) is 0.165. The largest absolute Gasteiger partial charge is 0.448 e. The Kier molecular flexibility index (Phi) is 6.98. The first-order valence-corrected chi connectivity index (χ1v) is 14.0. The van der Waals surface area contributed by atoms with Crippen molar-refractivity contribution in [3.63, 3.8) is 0 Å². The summed E-state index contributed by atoms with van der Waals surface area (Å²) in [5.41, 5.74) is 5.87. The molecule has 0 saturated carbocycles. The molecular weight excluding hydrogens is 546 g/mol. The molecule has 2 aliphatic rings. The Morgan fingerprint density at radius 3 is 2.40 bits per heavy atom. The van der Waals surface area contributed by atoms with Crippen molar-refractivity contribution in [1.82, 2.24) is 19.5 Å². The molecule has 3 aromatic carbocycles. The number of benzene rings is 3.